The number of hydrogen-bond acceptors (Lipinski definition) is 2. The normalized spacial score (nSPS) is 18.7. The van der Waals surface area contributed by atoms with Crippen LogP contribution in [0.2, 0.25) is 0 Å². The summed E-state index contributed by atoms with van der Waals surface area (Å²) in [6.45, 7) is 2.57. The molecule has 1 fully saturated rings. The van der Waals surface area contributed by atoms with Crippen molar-refractivity contribution in [2.24, 2.45) is 0 Å². The van der Waals surface area contributed by atoms with E-state index in [1.165, 1.54) is 23.9 Å². The molecule has 122 valence electrons. The monoisotopic (exact) mass is 331 g/mol. The van der Waals surface area contributed by atoms with Crippen molar-refractivity contribution < 1.29 is 18.0 Å². The molecule has 0 aliphatic carbocycles. The maximum atomic E-state index is 13.2. The third-order valence-electron chi connectivity index (χ3n) is 3.74. The van der Waals surface area contributed by atoms with Gasteiger partial charge in [0.2, 0.25) is 5.91 Å². The number of benzene rings is 1. The molecule has 0 aromatic heterocycles. The van der Waals surface area contributed by atoms with Gasteiger partial charge in [-0.25, -0.2) is 0 Å². The van der Waals surface area contributed by atoms with Crippen molar-refractivity contribution in [1.29, 1.82) is 0 Å². The Hall–Kier alpha value is -1.17. The van der Waals surface area contributed by atoms with E-state index >= 15 is 0 Å². The van der Waals surface area contributed by atoms with Crippen LogP contribution >= 0.6 is 11.8 Å². The lowest BCUT2D eigenvalue weighted by Crippen LogP contribution is -2.31. The quantitative estimate of drug-likeness (QED) is 0.718. The summed E-state index contributed by atoms with van der Waals surface area (Å²) in [5, 5.41) is -0.521. The Kier molecular flexibility index (Phi) is 5.78. The van der Waals surface area contributed by atoms with Crippen LogP contribution in [0, 0.1) is 0 Å². The smallest absolute Gasteiger partial charge is 0.326 e. The van der Waals surface area contributed by atoms with Gasteiger partial charge in [-0.2, -0.15) is 13.2 Å². The van der Waals surface area contributed by atoms with Gasteiger partial charge in [0.25, 0.3) is 0 Å². The van der Waals surface area contributed by atoms with Crippen LogP contribution in [0.5, 0.6) is 0 Å². The molecule has 0 saturated carbocycles. The first kappa shape index (κ1) is 17.2. The number of unbranched alkanes of at least 4 members (excludes halogenated alkanes) is 2. The van der Waals surface area contributed by atoms with Crippen LogP contribution in [0.4, 0.5) is 13.2 Å². The lowest BCUT2D eigenvalue weighted by Gasteiger charge is -2.26. The van der Waals surface area contributed by atoms with Crippen molar-refractivity contribution in [2.45, 2.75) is 44.2 Å². The summed E-state index contributed by atoms with van der Waals surface area (Å²) in [6, 6.07) is 5.56. The molecule has 1 atom stereocenters. The van der Waals surface area contributed by atoms with Crippen molar-refractivity contribution in [3.63, 3.8) is 0 Å². The van der Waals surface area contributed by atoms with Crippen LogP contribution in [0.1, 0.15) is 49.1 Å². The second kappa shape index (κ2) is 7.40. The summed E-state index contributed by atoms with van der Waals surface area (Å²) in [5.41, 5.74) is -0.443. The molecule has 1 saturated heterocycles. The summed E-state index contributed by atoms with van der Waals surface area (Å²) in [6.07, 6.45) is -1.20. The van der Waals surface area contributed by atoms with E-state index in [-0.39, 0.29) is 11.5 Å². The van der Waals surface area contributed by atoms with Gasteiger partial charge >= 0.3 is 6.18 Å². The second-order valence-corrected chi connectivity index (χ2v) is 6.54. The van der Waals surface area contributed by atoms with E-state index in [0.29, 0.717) is 18.7 Å². The highest BCUT2D eigenvalue weighted by Crippen LogP contribution is 2.43. The molecule has 0 spiro atoms. The van der Waals surface area contributed by atoms with Crippen LogP contribution in [-0.4, -0.2) is 23.1 Å². The molecule has 0 bridgehead atoms. The van der Waals surface area contributed by atoms with E-state index in [1.807, 2.05) is 0 Å². The predicted molar refractivity (Wildman–Crippen MR) is 82.5 cm³/mol. The van der Waals surface area contributed by atoms with E-state index in [9.17, 15) is 18.0 Å². The number of thioether (sulfide) groups is 1. The highest BCUT2D eigenvalue weighted by Gasteiger charge is 2.39. The van der Waals surface area contributed by atoms with Crippen LogP contribution in [0.3, 0.4) is 0 Å². The van der Waals surface area contributed by atoms with E-state index in [2.05, 4.69) is 6.92 Å². The van der Waals surface area contributed by atoms with Crippen LogP contribution in [0.15, 0.2) is 24.3 Å². The lowest BCUT2D eigenvalue weighted by atomic mass is 10.1. The fourth-order valence-electron chi connectivity index (χ4n) is 2.62. The van der Waals surface area contributed by atoms with Gasteiger partial charge in [0.15, 0.2) is 0 Å². The molecule has 0 N–H and O–H groups in total. The molecule has 2 rings (SSSR count). The van der Waals surface area contributed by atoms with Gasteiger partial charge in [0.05, 0.1) is 5.56 Å². The fraction of sp³-hybridized carbons (Fsp3) is 0.562. The first-order chi connectivity index (χ1) is 10.4. The first-order valence-electron chi connectivity index (χ1n) is 7.52. The lowest BCUT2D eigenvalue weighted by molar-refractivity contribution is -0.139. The van der Waals surface area contributed by atoms with E-state index < -0.39 is 17.1 Å². The number of rotatable bonds is 5. The molecule has 6 heteroatoms. The third-order valence-corrected chi connectivity index (χ3v) is 4.98. The molecule has 0 radical (unpaired) electrons. The standard InChI is InChI=1S/C16H20F3NOS/c1-2-3-4-9-14(21)20-10-11-22-15(20)12-7-5-6-8-13(12)16(17,18)19/h5-8,15H,2-4,9-11H2,1H3/t15-/m1/s1. The van der Waals surface area contributed by atoms with Crippen LogP contribution in [-0.2, 0) is 11.0 Å². The van der Waals surface area contributed by atoms with Crippen molar-refractivity contribution in [1.82, 2.24) is 4.90 Å². The average molecular weight is 331 g/mol. The van der Waals surface area contributed by atoms with Crippen molar-refractivity contribution in [3.05, 3.63) is 35.4 Å². The van der Waals surface area contributed by atoms with Gasteiger partial charge in [-0.1, -0.05) is 38.0 Å². The van der Waals surface area contributed by atoms with Crippen LogP contribution < -0.4 is 0 Å². The zero-order valence-electron chi connectivity index (χ0n) is 12.5. The number of alkyl halides is 3. The molecule has 1 aromatic rings. The highest BCUT2D eigenvalue weighted by molar-refractivity contribution is 7.99. The first-order valence-corrected chi connectivity index (χ1v) is 8.57. The maximum absolute atomic E-state index is 13.2. The Labute approximate surface area is 133 Å². The van der Waals surface area contributed by atoms with Gasteiger partial charge in [0, 0.05) is 18.7 Å². The van der Waals surface area contributed by atoms with Crippen molar-refractivity contribution >= 4 is 17.7 Å². The van der Waals surface area contributed by atoms with Crippen LogP contribution in [0.25, 0.3) is 0 Å². The molecule has 22 heavy (non-hydrogen) atoms. The minimum absolute atomic E-state index is 0.0413. The van der Waals surface area contributed by atoms with Crippen molar-refractivity contribution in [2.75, 3.05) is 12.3 Å². The summed E-state index contributed by atoms with van der Waals surface area (Å²) in [4.78, 5) is 13.9. The SMILES string of the molecule is CCCCCC(=O)N1CCS[C@@H]1c1ccccc1C(F)(F)F. The Morgan fingerprint density at radius 2 is 2.05 bits per heavy atom. The number of carbonyl (C=O) groups is 1. The Balaban J connectivity index is 2.19. The summed E-state index contributed by atoms with van der Waals surface area (Å²) in [7, 11) is 0. The Morgan fingerprint density at radius 1 is 1.32 bits per heavy atom. The molecule has 1 aromatic carbocycles. The molecular formula is C16H20F3NOS. The van der Waals surface area contributed by atoms with Gasteiger partial charge < -0.3 is 4.90 Å². The summed E-state index contributed by atoms with van der Waals surface area (Å²) in [5.74, 6) is 0.636. The molecule has 0 unspecified atom stereocenters. The molecule has 1 aliphatic rings. The van der Waals surface area contributed by atoms with E-state index in [0.717, 1.165) is 25.3 Å². The Morgan fingerprint density at radius 3 is 2.73 bits per heavy atom. The predicted octanol–water partition coefficient (Wildman–Crippen LogP) is 4.86. The largest absolute Gasteiger partial charge is 0.416 e. The van der Waals surface area contributed by atoms with Gasteiger partial charge in [-0.15, -0.1) is 11.8 Å². The van der Waals surface area contributed by atoms with Gasteiger partial charge in [-0.05, 0) is 18.1 Å². The topological polar surface area (TPSA) is 20.3 Å². The number of hydrogen-bond donors (Lipinski definition) is 0. The number of halogens is 3. The fourth-order valence-corrected chi connectivity index (χ4v) is 3.94. The minimum Gasteiger partial charge on any atom is -0.326 e. The average Bonchev–Trinajstić information content (AvgIpc) is 2.96. The molecule has 1 heterocycles. The van der Waals surface area contributed by atoms with Gasteiger partial charge in [0.1, 0.15) is 5.37 Å². The summed E-state index contributed by atoms with van der Waals surface area (Å²) >= 11 is 1.41. The van der Waals surface area contributed by atoms with Gasteiger partial charge in [-0.3, -0.25) is 4.79 Å². The number of nitrogens with zero attached hydrogens (tertiary/aromatic N) is 1. The highest BCUT2D eigenvalue weighted by atomic mass is 32.2. The van der Waals surface area contributed by atoms with E-state index in [1.54, 1.807) is 11.0 Å². The molecular weight excluding hydrogens is 311 g/mol. The number of amides is 1. The third kappa shape index (κ3) is 3.97. The molecule has 2 nitrogen and oxygen atoms in total. The zero-order valence-corrected chi connectivity index (χ0v) is 13.3. The van der Waals surface area contributed by atoms with Crippen molar-refractivity contribution in [3.8, 4) is 0 Å². The Bertz CT molecular complexity index is 518. The number of carbonyl (C=O) groups excluding carboxylic acids is 1. The van der Waals surface area contributed by atoms with E-state index in [4.69, 9.17) is 0 Å². The second-order valence-electron chi connectivity index (χ2n) is 5.35. The maximum Gasteiger partial charge on any atom is 0.416 e. The zero-order chi connectivity index (χ0) is 16.2. The molecule has 1 amide bonds. The minimum atomic E-state index is -4.39. The summed E-state index contributed by atoms with van der Waals surface area (Å²) < 4.78 is 39.5. The molecule has 1 aliphatic heterocycles.